The van der Waals surface area contributed by atoms with Gasteiger partial charge in [-0.15, -0.1) is 0 Å². The van der Waals surface area contributed by atoms with Gasteiger partial charge >= 0.3 is 0 Å². The maximum absolute atomic E-state index is 5.69. The van der Waals surface area contributed by atoms with Crippen LogP contribution in [0.1, 0.15) is 19.8 Å². The molecule has 64 valence electrons. The number of rotatable bonds is 3. The van der Waals surface area contributed by atoms with Gasteiger partial charge in [-0.1, -0.05) is 25.5 Å². The molecule has 0 aliphatic rings. The third-order valence-corrected chi connectivity index (χ3v) is 1.58. The number of benzene rings is 1. The molecule has 2 N–H and O–H groups in total. The first kappa shape index (κ1) is 8.78. The molecule has 0 radical (unpaired) electrons. The standard InChI is InChI=1S/C10H14N2/c1-2-3-8-12-10-7-5-4-6-9(10)11/h4-8H,2-3,11H2,1H3/b12-8-. The lowest BCUT2D eigenvalue weighted by molar-refractivity contribution is 1.01. The van der Waals surface area contributed by atoms with E-state index in [1.165, 1.54) is 0 Å². The highest BCUT2D eigenvalue weighted by Crippen LogP contribution is 2.19. The van der Waals surface area contributed by atoms with Gasteiger partial charge in [-0.3, -0.25) is 4.99 Å². The number of anilines is 1. The van der Waals surface area contributed by atoms with Gasteiger partial charge in [0.25, 0.3) is 0 Å². The normalized spacial score (nSPS) is 10.8. The first-order valence-electron chi connectivity index (χ1n) is 4.21. The molecule has 2 nitrogen and oxygen atoms in total. The maximum atomic E-state index is 5.69. The van der Waals surface area contributed by atoms with Crippen molar-refractivity contribution < 1.29 is 0 Å². The smallest absolute Gasteiger partial charge is 0.0854 e. The third-order valence-electron chi connectivity index (χ3n) is 1.58. The van der Waals surface area contributed by atoms with Gasteiger partial charge in [0.05, 0.1) is 11.4 Å². The number of nitrogens with zero attached hydrogens (tertiary/aromatic N) is 1. The molecule has 0 saturated heterocycles. The minimum absolute atomic E-state index is 0.741. The summed E-state index contributed by atoms with van der Waals surface area (Å²) < 4.78 is 0. The Bertz CT molecular complexity index is 266. The zero-order valence-electron chi connectivity index (χ0n) is 7.33. The van der Waals surface area contributed by atoms with Crippen LogP contribution >= 0.6 is 0 Å². The van der Waals surface area contributed by atoms with Crippen LogP contribution in [0.3, 0.4) is 0 Å². The summed E-state index contributed by atoms with van der Waals surface area (Å²) in [5.41, 5.74) is 7.30. The SMILES string of the molecule is CCC/C=N\c1ccccc1N. The van der Waals surface area contributed by atoms with Gasteiger partial charge in [0.15, 0.2) is 0 Å². The number of hydrogen-bond acceptors (Lipinski definition) is 2. The molecule has 0 atom stereocenters. The Balaban J connectivity index is 2.68. The largest absolute Gasteiger partial charge is 0.397 e. The van der Waals surface area contributed by atoms with Crippen LogP contribution in [0.4, 0.5) is 11.4 Å². The first-order valence-corrected chi connectivity index (χ1v) is 4.21. The zero-order valence-corrected chi connectivity index (χ0v) is 7.33. The second-order valence-corrected chi connectivity index (χ2v) is 2.66. The molecule has 0 spiro atoms. The molecule has 0 unspecified atom stereocenters. The Morgan fingerprint density at radius 1 is 1.42 bits per heavy atom. The van der Waals surface area contributed by atoms with E-state index in [0.29, 0.717) is 0 Å². The van der Waals surface area contributed by atoms with Crippen LogP contribution in [-0.2, 0) is 0 Å². The summed E-state index contributed by atoms with van der Waals surface area (Å²) in [6.45, 7) is 2.13. The topological polar surface area (TPSA) is 38.4 Å². The van der Waals surface area contributed by atoms with Crippen molar-refractivity contribution in [2.75, 3.05) is 5.73 Å². The van der Waals surface area contributed by atoms with Crippen LogP contribution in [-0.4, -0.2) is 6.21 Å². The summed E-state index contributed by atoms with van der Waals surface area (Å²) in [6.07, 6.45) is 4.04. The van der Waals surface area contributed by atoms with E-state index < -0.39 is 0 Å². The predicted molar refractivity (Wildman–Crippen MR) is 53.9 cm³/mol. The van der Waals surface area contributed by atoms with Gasteiger partial charge in [0.1, 0.15) is 0 Å². The van der Waals surface area contributed by atoms with Gasteiger partial charge in [-0.2, -0.15) is 0 Å². The lowest BCUT2D eigenvalue weighted by Crippen LogP contribution is -1.84. The fourth-order valence-corrected chi connectivity index (χ4v) is 0.897. The first-order chi connectivity index (χ1) is 5.84. The van der Waals surface area contributed by atoms with Crippen molar-refractivity contribution in [2.24, 2.45) is 4.99 Å². The van der Waals surface area contributed by atoms with E-state index in [-0.39, 0.29) is 0 Å². The molecule has 0 amide bonds. The van der Waals surface area contributed by atoms with Gasteiger partial charge in [0, 0.05) is 6.21 Å². The van der Waals surface area contributed by atoms with E-state index in [1.54, 1.807) is 0 Å². The molecule has 0 aliphatic carbocycles. The van der Waals surface area contributed by atoms with Crippen LogP contribution in [0.5, 0.6) is 0 Å². The molecular weight excluding hydrogens is 148 g/mol. The molecule has 0 bridgehead atoms. The van der Waals surface area contributed by atoms with Gasteiger partial charge in [-0.25, -0.2) is 0 Å². The maximum Gasteiger partial charge on any atom is 0.0854 e. The average Bonchev–Trinajstić information content (AvgIpc) is 2.09. The number of nitrogen functional groups attached to an aromatic ring is 1. The minimum atomic E-state index is 0.741. The number of nitrogens with two attached hydrogens (primary N) is 1. The van der Waals surface area contributed by atoms with Crippen LogP contribution in [0.15, 0.2) is 29.3 Å². The zero-order chi connectivity index (χ0) is 8.81. The Hall–Kier alpha value is -1.31. The molecule has 0 saturated carbocycles. The Labute approximate surface area is 73.1 Å². The fourth-order valence-electron chi connectivity index (χ4n) is 0.897. The number of aliphatic imine (C=N–C) groups is 1. The summed E-state index contributed by atoms with van der Waals surface area (Å²) >= 11 is 0. The highest BCUT2D eigenvalue weighted by atomic mass is 14.8. The van der Waals surface area contributed by atoms with E-state index in [0.717, 1.165) is 24.2 Å². The molecule has 12 heavy (non-hydrogen) atoms. The van der Waals surface area contributed by atoms with Crippen LogP contribution in [0.25, 0.3) is 0 Å². The van der Waals surface area contributed by atoms with Crippen molar-refractivity contribution in [3.05, 3.63) is 24.3 Å². The summed E-state index contributed by atoms with van der Waals surface area (Å²) in [5.74, 6) is 0. The monoisotopic (exact) mass is 162 g/mol. The van der Waals surface area contributed by atoms with Gasteiger partial charge in [-0.05, 0) is 18.6 Å². The Kier molecular flexibility index (Phi) is 3.33. The van der Waals surface area contributed by atoms with Gasteiger partial charge < -0.3 is 5.73 Å². The van der Waals surface area contributed by atoms with E-state index in [9.17, 15) is 0 Å². The molecule has 1 aromatic carbocycles. The van der Waals surface area contributed by atoms with Crippen LogP contribution in [0.2, 0.25) is 0 Å². The highest BCUT2D eigenvalue weighted by Gasteiger charge is 1.91. The van der Waals surface area contributed by atoms with Gasteiger partial charge in [0.2, 0.25) is 0 Å². The van der Waals surface area contributed by atoms with E-state index in [4.69, 9.17) is 5.73 Å². The lowest BCUT2D eigenvalue weighted by atomic mass is 10.3. The quantitative estimate of drug-likeness (QED) is 0.538. The van der Waals surface area contributed by atoms with Crippen molar-refractivity contribution in [1.29, 1.82) is 0 Å². The summed E-state index contributed by atoms with van der Waals surface area (Å²) in [6, 6.07) is 7.63. The van der Waals surface area contributed by atoms with Crippen molar-refractivity contribution in [3.63, 3.8) is 0 Å². The van der Waals surface area contributed by atoms with Crippen molar-refractivity contribution >= 4 is 17.6 Å². The van der Waals surface area contributed by atoms with Crippen molar-refractivity contribution in [1.82, 2.24) is 0 Å². The molecule has 0 fully saturated rings. The highest BCUT2D eigenvalue weighted by molar-refractivity contribution is 5.70. The second-order valence-electron chi connectivity index (χ2n) is 2.66. The predicted octanol–water partition coefficient (Wildman–Crippen LogP) is 2.77. The lowest BCUT2D eigenvalue weighted by Gasteiger charge is -1.96. The summed E-state index contributed by atoms with van der Waals surface area (Å²) in [7, 11) is 0. The molecule has 0 aromatic heterocycles. The fraction of sp³-hybridized carbons (Fsp3) is 0.300. The third kappa shape index (κ3) is 2.38. The van der Waals surface area contributed by atoms with E-state index in [2.05, 4.69) is 11.9 Å². The Morgan fingerprint density at radius 3 is 2.83 bits per heavy atom. The molecule has 1 aromatic rings. The minimum Gasteiger partial charge on any atom is -0.397 e. The second kappa shape index (κ2) is 4.54. The summed E-state index contributed by atoms with van der Waals surface area (Å²) in [4.78, 5) is 4.25. The Morgan fingerprint density at radius 2 is 2.17 bits per heavy atom. The molecule has 2 heteroatoms. The van der Waals surface area contributed by atoms with Crippen molar-refractivity contribution in [2.45, 2.75) is 19.8 Å². The average molecular weight is 162 g/mol. The number of unbranched alkanes of at least 4 members (excludes halogenated alkanes) is 1. The van der Waals surface area contributed by atoms with E-state index in [1.807, 2.05) is 30.5 Å². The molecule has 0 heterocycles. The van der Waals surface area contributed by atoms with Crippen LogP contribution in [0, 0.1) is 0 Å². The molecule has 0 aliphatic heterocycles. The number of para-hydroxylation sites is 2. The summed E-state index contributed by atoms with van der Waals surface area (Å²) in [5, 5.41) is 0. The van der Waals surface area contributed by atoms with Crippen molar-refractivity contribution in [3.8, 4) is 0 Å². The molecular formula is C10H14N2. The van der Waals surface area contributed by atoms with E-state index >= 15 is 0 Å². The molecule has 1 rings (SSSR count). The number of hydrogen-bond donors (Lipinski definition) is 1. The van der Waals surface area contributed by atoms with Crippen LogP contribution < -0.4 is 5.73 Å².